The van der Waals surface area contributed by atoms with Crippen molar-refractivity contribution >= 4 is 22.7 Å². The average Bonchev–Trinajstić information content (AvgIpc) is 3.12. The van der Waals surface area contributed by atoms with Crippen LogP contribution in [-0.2, 0) is 4.79 Å². The van der Waals surface area contributed by atoms with Gasteiger partial charge < -0.3 is 14.5 Å². The van der Waals surface area contributed by atoms with E-state index in [4.69, 9.17) is 9.15 Å². The van der Waals surface area contributed by atoms with E-state index in [9.17, 15) is 4.79 Å². The fourth-order valence-corrected chi connectivity index (χ4v) is 2.60. The smallest absolute Gasteiger partial charge is 0.262 e. The van der Waals surface area contributed by atoms with Crippen molar-refractivity contribution in [3.63, 3.8) is 0 Å². The highest BCUT2D eigenvalue weighted by atomic mass is 16.5. The van der Waals surface area contributed by atoms with Crippen molar-refractivity contribution in [1.29, 1.82) is 0 Å². The summed E-state index contributed by atoms with van der Waals surface area (Å²) in [5.74, 6) is 0.922. The number of hydrogen-bond acceptors (Lipinski definition) is 5. The normalized spacial score (nSPS) is 10.7. The maximum Gasteiger partial charge on any atom is 0.262 e. The number of rotatable bonds is 5. The maximum atomic E-state index is 12.1. The standard InChI is InChI=1S/C21H17N3O3/c1-14-2-5-17(6-3-14)26-13-20(25)23-16-4-7-18-19(12-16)27-21(24-18)15-8-10-22-11-9-15/h2-12H,13H2,1H3,(H,23,25). The minimum atomic E-state index is -0.246. The molecule has 134 valence electrons. The van der Waals surface area contributed by atoms with E-state index in [1.807, 2.05) is 43.3 Å². The Hall–Kier alpha value is -3.67. The number of amides is 1. The van der Waals surface area contributed by atoms with Crippen LogP contribution in [0.15, 0.2) is 71.4 Å². The molecule has 2 aromatic carbocycles. The summed E-state index contributed by atoms with van der Waals surface area (Å²) in [7, 11) is 0. The number of carbonyl (C=O) groups is 1. The molecule has 1 N–H and O–H groups in total. The maximum absolute atomic E-state index is 12.1. The van der Waals surface area contributed by atoms with Crippen LogP contribution in [0.1, 0.15) is 5.56 Å². The van der Waals surface area contributed by atoms with Crippen molar-refractivity contribution in [3.05, 3.63) is 72.6 Å². The Balaban J connectivity index is 1.44. The lowest BCUT2D eigenvalue weighted by Crippen LogP contribution is -2.20. The predicted molar refractivity (Wildman–Crippen MR) is 103 cm³/mol. The van der Waals surface area contributed by atoms with Crippen LogP contribution in [0.5, 0.6) is 5.75 Å². The molecule has 0 aliphatic carbocycles. The molecule has 1 amide bonds. The topological polar surface area (TPSA) is 77.2 Å². The number of fused-ring (bicyclic) bond motifs is 1. The van der Waals surface area contributed by atoms with Crippen molar-refractivity contribution in [3.8, 4) is 17.2 Å². The van der Waals surface area contributed by atoms with E-state index < -0.39 is 0 Å². The van der Waals surface area contributed by atoms with Crippen molar-refractivity contribution in [2.45, 2.75) is 6.92 Å². The Labute approximate surface area is 155 Å². The van der Waals surface area contributed by atoms with Crippen LogP contribution in [0.2, 0.25) is 0 Å². The lowest BCUT2D eigenvalue weighted by atomic mass is 10.2. The number of carbonyl (C=O) groups excluding carboxylic acids is 1. The molecule has 4 aromatic rings. The highest BCUT2D eigenvalue weighted by molar-refractivity contribution is 5.93. The van der Waals surface area contributed by atoms with Gasteiger partial charge in [-0.15, -0.1) is 0 Å². The summed E-state index contributed by atoms with van der Waals surface area (Å²) in [5, 5.41) is 2.80. The second-order valence-electron chi connectivity index (χ2n) is 6.09. The van der Waals surface area contributed by atoms with E-state index in [1.54, 1.807) is 30.6 Å². The number of oxazole rings is 1. The average molecular weight is 359 g/mol. The number of aromatic nitrogens is 2. The van der Waals surface area contributed by atoms with Crippen molar-refractivity contribution in [1.82, 2.24) is 9.97 Å². The van der Waals surface area contributed by atoms with Gasteiger partial charge in [-0.3, -0.25) is 9.78 Å². The quantitative estimate of drug-likeness (QED) is 0.577. The van der Waals surface area contributed by atoms with Crippen LogP contribution in [0.4, 0.5) is 5.69 Å². The number of ether oxygens (including phenoxy) is 1. The van der Waals surface area contributed by atoms with Gasteiger partial charge in [0.05, 0.1) is 0 Å². The van der Waals surface area contributed by atoms with Crippen molar-refractivity contribution in [2.24, 2.45) is 0 Å². The van der Waals surface area contributed by atoms with Crippen molar-refractivity contribution < 1.29 is 13.9 Å². The number of nitrogens with one attached hydrogen (secondary N) is 1. The number of benzene rings is 2. The largest absolute Gasteiger partial charge is 0.484 e. The van der Waals surface area contributed by atoms with Crippen LogP contribution < -0.4 is 10.1 Å². The van der Waals surface area contributed by atoms with E-state index in [0.29, 0.717) is 22.9 Å². The third-order valence-electron chi connectivity index (χ3n) is 3.99. The summed E-state index contributed by atoms with van der Waals surface area (Å²) in [6, 6.07) is 16.5. The summed E-state index contributed by atoms with van der Waals surface area (Å²) in [6.45, 7) is 1.93. The van der Waals surface area contributed by atoms with Crippen LogP contribution in [-0.4, -0.2) is 22.5 Å². The lowest BCUT2D eigenvalue weighted by molar-refractivity contribution is -0.118. The molecule has 0 unspecified atom stereocenters. The van der Waals surface area contributed by atoms with E-state index in [0.717, 1.165) is 16.6 Å². The number of pyridine rings is 1. The third kappa shape index (κ3) is 3.95. The van der Waals surface area contributed by atoms with Gasteiger partial charge in [0.25, 0.3) is 5.91 Å². The molecule has 2 heterocycles. The highest BCUT2D eigenvalue weighted by Crippen LogP contribution is 2.26. The van der Waals surface area contributed by atoms with Gasteiger partial charge in [0.15, 0.2) is 12.2 Å². The molecule has 0 saturated carbocycles. The predicted octanol–water partition coefficient (Wildman–Crippen LogP) is 4.22. The van der Waals surface area contributed by atoms with Gasteiger partial charge in [0.1, 0.15) is 11.3 Å². The van der Waals surface area contributed by atoms with E-state index in [2.05, 4.69) is 15.3 Å². The summed E-state index contributed by atoms with van der Waals surface area (Å²) >= 11 is 0. The Morgan fingerprint density at radius 2 is 1.85 bits per heavy atom. The van der Waals surface area contributed by atoms with E-state index in [-0.39, 0.29) is 12.5 Å². The fraction of sp³-hybridized carbons (Fsp3) is 0.0952. The van der Waals surface area contributed by atoms with Gasteiger partial charge in [-0.1, -0.05) is 17.7 Å². The van der Waals surface area contributed by atoms with Crippen LogP contribution in [0, 0.1) is 6.92 Å². The Kier molecular flexibility index (Phi) is 4.53. The molecule has 6 nitrogen and oxygen atoms in total. The molecule has 0 aliphatic heterocycles. The minimum Gasteiger partial charge on any atom is -0.484 e. The van der Waals surface area contributed by atoms with Gasteiger partial charge in [0.2, 0.25) is 5.89 Å². The summed E-state index contributed by atoms with van der Waals surface area (Å²) < 4.78 is 11.3. The van der Waals surface area contributed by atoms with Gasteiger partial charge in [-0.05, 0) is 43.3 Å². The first-order chi connectivity index (χ1) is 13.2. The van der Waals surface area contributed by atoms with Crippen LogP contribution >= 0.6 is 0 Å². The molecular formula is C21H17N3O3. The SMILES string of the molecule is Cc1ccc(OCC(=O)Nc2ccc3nc(-c4ccncc4)oc3c2)cc1. The molecule has 0 radical (unpaired) electrons. The Morgan fingerprint density at radius 1 is 1.07 bits per heavy atom. The molecule has 0 atom stereocenters. The molecule has 2 aromatic heterocycles. The van der Waals surface area contributed by atoms with Gasteiger partial charge in [0, 0.05) is 29.7 Å². The second-order valence-corrected chi connectivity index (χ2v) is 6.09. The van der Waals surface area contributed by atoms with E-state index in [1.165, 1.54) is 0 Å². The molecule has 0 aliphatic rings. The Morgan fingerprint density at radius 3 is 2.63 bits per heavy atom. The van der Waals surface area contributed by atoms with Crippen LogP contribution in [0.25, 0.3) is 22.6 Å². The first kappa shape index (κ1) is 16.8. The molecule has 27 heavy (non-hydrogen) atoms. The summed E-state index contributed by atoms with van der Waals surface area (Å²) in [6.07, 6.45) is 3.37. The molecule has 6 heteroatoms. The molecule has 0 spiro atoms. The second kappa shape index (κ2) is 7.29. The zero-order valence-corrected chi connectivity index (χ0v) is 14.7. The van der Waals surface area contributed by atoms with Gasteiger partial charge in [-0.25, -0.2) is 4.98 Å². The molecule has 0 bridgehead atoms. The zero-order chi connectivity index (χ0) is 18.6. The number of hydrogen-bond donors (Lipinski definition) is 1. The van der Waals surface area contributed by atoms with Gasteiger partial charge in [-0.2, -0.15) is 0 Å². The minimum absolute atomic E-state index is 0.0697. The number of nitrogens with zero attached hydrogens (tertiary/aromatic N) is 2. The van der Waals surface area contributed by atoms with Crippen LogP contribution in [0.3, 0.4) is 0 Å². The molecule has 0 fully saturated rings. The van der Waals surface area contributed by atoms with Gasteiger partial charge >= 0.3 is 0 Å². The first-order valence-electron chi connectivity index (χ1n) is 8.48. The Bertz CT molecular complexity index is 1070. The fourth-order valence-electron chi connectivity index (χ4n) is 2.60. The summed E-state index contributed by atoms with van der Waals surface area (Å²) in [4.78, 5) is 20.6. The first-order valence-corrected chi connectivity index (χ1v) is 8.48. The molecular weight excluding hydrogens is 342 g/mol. The monoisotopic (exact) mass is 359 g/mol. The summed E-state index contributed by atoms with van der Waals surface area (Å²) in [5.41, 5.74) is 3.92. The van der Waals surface area contributed by atoms with Crippen molar-refractivity contribution in [2.75, 3.05) is 11.9 Å². The molecule has 4 rings (SSSR count). The third-order valence-corrected chi connectivity index (χ3v) is 3.99. The zero-order valence-electron chi connectivity index (χ0n) is 14.7. The lowest BCUT2D eigenvalue weighted by Gasteiger charge is -2.07. The number of aryl methyl sites for hydroxylation is 1. The van der Waals surface area contributed by atoms with E-state index >= 15 is 0 Å². The number of anilines is 1. The highest BCUT2D eigenvalue weighted by Gasteiger charge is 2.10. The molecule has 0 saturated heterocycles.